The van der Waals surface area contributed by atoms with E-state index in [-0.39, 0.29) is 0 Å². The third kappa shape index (κ3) is 1.41. The Morgan fingerprint density at radius 2 is 2.15 bits per heavy atom. The summed E-state index contributed by atoms with van der Waals surface area (Å²) in [7, 11) is 0. The lowest BCUT2D eigenvalue weighted by atomic mass is 9.93. The van der Waals surface area contributed by atoms with Gasteiger partial charge in [0, 0.05) is 0 Å². The third-order valence-corrected chi connectivity index (χ3v) is 2.43. The van der Waals surface area contributed by atoms with E-state index in [4.69, 9.17) is 5.11 Å². The van der Waals surface area contributed by atoms with Gasteiger partial charge in [0.1, 0.15) is 12.7 Å². The number of aromatic nitrogens is 3. The lowest BCUT2D eigenvalue weighted by Gasteiger charge is -2.26. The normalized spacial score (nSPS) is 11.5. The summed E-state index contributed by atoms with van der Waals surface area (Å²) in [6, 6.07) is 0. The number of carbonyl (C=O) groups is 1. The van der Waals surface area contributed by atoms with Gasteiger partial charge in [-0.05, 0) is 12.8 Å². The van der Waals surface area contributed by atoms with Crippen LogP contribution in [0, 0.1) is 0 Å². The Hall–Kier alpha value is -1.39. The van der Waals surface area contributed by atoms with E-state index >= 15 is 0 Å². The van der Waals surface area contributed by atoms with Crippen molar-refractivity contribution in [3.63, 3.8) is 0 Å². The number of hydrogen-bond donors (Lipinski definition) is 1. The van der Waals surface area contributed by atoms with Crippen LogP contribution in [0.4, 0.5) is 0 Å². The molecule has 0 aliphatic carbocycles. The Morgan fingerprint density at radius 1 is 1.54 bits per heavy atom. The molecular weight excluding hydrogens is 170 g/mol. The zero-order valence-corrected chi connectivity index (χ0v) is 7.77. The van der Waals surface area contributed by atoms with Crippen LogP contribution in [0.15, 0.2) is 12.7 Å². The molecule has 0 aliphatic heterocycles. The second kappa shape index (κ2) is 3.55. The highest BCUT2D eigenvalue weighted by Crippen LogP contribution is 2.23. The summed E-state index contributed by atoms with van der Waals surface area (Å²) in [6.07, 6.45) is 3.80. The smallest absolute Gasteiger partial charge is 0.331 e. The first-order chi connectivity index (χ1) is 6.17. The highest BCUT2D eigenvalue weighted by Gasteiger charge is 2.37. The Labute approximate surface area is 76.4 Å². The van der Waals surface area contributed by atoms with Gasteiger partial charge >= 0.3 is 5.97 Å². The monoisotopic (exact) mass is 183 g/mol. The van der Waals surface area contributed by atoms with Gasteiger partial charge in [-0.25, -0.2) is 14.5 Å². The van der Waals surface area contributed by atoms with Crippen molar-refractivity contribution in [3.8, 4) is 0 Å². The minimum Gasteiger partial charge on any atom is -0.479 e. The summed E-state index contributed by atoms with van der Waals surface area (Å²) in [5, 5.41) is 13.0. The fourth-order valence-corrected chi connectivity index (χ4v) is 1.40. The van der Waals surface area contributed by atoms with Crippen LogP contribution in [0.25, 0.3) is 0 Å². The molecule has 0 radical (unpaired) electrons. The van der Waals surface area contributed by atoms with Crippen molar-refractivity contribution in [1.82, 2.24) is 14.8 Å². The van der Waals surface area contributed by atoms with Gasteiger partial charge in [0.05, 0.1) is 0 Å². The molecule has 0 amide bonds. The number of rotatable bonds is 4. The molecule has 1 aromatic rings. The second-order valence-electron chi connectivity index (χ2n) is 2.88. The van der Waals surface area contributed by atoms with Crippen molar-refractivity contribution in [3.05, 3.63) is 12.7 Å². The molecule has 1 N–H and O–H groups in total. The van der Waals surface area contributed by atoms with Crippen molar-refractivity contribution < 1.29 is 9.90 Å². The fourth-order valence-electron chi connectivity index (χ4n) is 1.40. The van der Waals surface area contributed by atoms with Crippen LogP contribution in [-0.2, 0) is 10.3 Å². The van der Waals surface area contributed by atoms with E-state index in [0.29, 0.717) is 12.8 Å². The predicted octanol–water partition coefficient (Wildman–Crippen LogP) is 0.878. The molecular formula is C8H13N3O2. The highest BCUT2D eigenvalue weighted by atomic mass is 16.4. The molecule has 1 rings (SSSR count). The minimum absolute atomic E-state index is 0.502. The summed E-state index contributed by atoms with van der Waals surface area (Å²) in [5.74, 6) is -0.858. The lowest BCUT2D eigenvalue weighted by molar-refractivity contribution is -0.148. The second-order valence-corrected chi connectivity index (χ2v) is 2.88. The Bertz CT molecular complexity index is 278. The Morgan fingerprint density at radius 3 is 2.46 bits per heavy atom. The van der Waals surface area contributed by atoms with Crippen LogP contribution in [0.2, 0.25) is 0 Å². The van der Waals surface area contributed by atoms with Crippen molar-refractivity contribution in [1.29, 1.82) is 0 Å². The molecule has 1 heterocycles. The molecule has 13 heavy (non-hydrogen) atoms. The molecule has 0 saturated carbocycles. The van der Waals surface area contributed by atoms with Crippen LogP contribution < -0.4 is 0 Å². The molecule has 0 fully saturated rings. The number of nitrogens with zero attached hydrogens (tertiary/aromatic N) is 3. The number of carboxylic acids is 1. The lowest BCUT2D eigenvalue weighted by Crippen LogP contribution is -2.41. The molecule has 5 nitrogen and oxygen atoms in total. The maximum absolute atomic E-state index is 11.1. The van der Waals surface area contributed by atoms with E-state index in [1.165, 1.54) is 17.3 Å². The molecule has 72 valence electrons. The van der Waals surface area contributed by atoms with Crippen LogP contribution in [0.5, 0.6) is 0 Å². The van der Waals surface area contributed by atoms with Gasteiger partial charge in [0.25, 0.3) is 0 Å². The van der Waals surface area contributed by atoms with Crippen LogP contribution in [-0.4, -0.2) is 25.8 Å². The van der Waals surface area contributed by atoms with E-state index < -0.39 is 11.5 Å². The van der Waals surface area contributed by atoms with Gasteiger partial charge < -0.3 is 5.11 Å². The van der Waals surface area contributed by atoms with Crippen molar-refractivity contribution in [2.24, 2.45) is 0 Å². The van der Waals surface area contributed by atoms with Gasteiger partial charge in [-0.3, -0.25) is 0 Å². The summed E-state index contributed by atoms with van der Waals surface area (Å²) >= 11 is 0. The van der Waals surface area contributed by atoms with Gasteiger partial charge in [-0.1, -0.05) is 13.8 Å². The van der Waals surface area contributed by atoms with Crippen LogP contribution in [0.3, 0.4) is 0 Å². The first-order valence-electron chi connectivity index (χ1n) is 4.26. The maximum Gasteiger partial charge on any atom is 0.331 e. The summed E-state index contributed by atoms with van der Waals surface area (Å²) in [6.45, 7) is 3.67. The van der Waals surface area contributed by atoms with Gasteiger partial charge in [0.2, 0.25) is 0 Å². The number of carboxylic acid groups (broad SMARTS) is 1. The van der Waals surface area contributed by atoms with Gasteiger partial charge in [-0.15, -0.1) is 0 Å². The SMILES string of the molecule is CCC(CC)(C(=O)O)n1cncn1. The first-order valence-corrected chi connectivity index (χ1v) is 4.26. The molecule has 0 bridgehead atoms. The van der Waals surface area contributed by atoms with E-state index in [2.05, 4.69) is 10.1 Å². The molecule has 1 aromatic heterocycles. The van der Waals surface area contributed by atoms with Crippen LogP contribution >= 0.6 is 0 Å². The van der Waals surface area contributed by atoms with E-state index in [0.717, 1.165) is 0 Å². The molecule has 0 atom stereocenters. The topological polar surface area (TPSA) is 68.0 Å². The highest BCUT2D eigenvalue weighted by molar-refractivity contribution is 5.76. The predicted molar refractivity (Wildman–Crippen MR) is 46.2 cm³/mol. The van der Waals surface area contributed by atoms with E-state index in [1.54, 1.807) is 0 Å². The maximum atomic E-state index is 11.1. The largest absolute Gasteiger partial charge is 0.479 e. The summed E-state index contributed by atoms with van der Waals surface area (Å²) in [4.78, 5) is 14.8. The van der Waals surface area contributed by atoms with Crippen molar-refractivity contribution in [2.45, 2.75) is 32.2 Å². The molecule has 0 saturated heterocycles. The third-order valence-electron chi connectivity index (χ3n) is 2.43. The molecule has 0 spiro atoms. The number of hydrogen-bond acceptors (Lipinski definition) is 3. The molecule has 0 aliphatic rings. The van der Waals surface area contributed by atoms with E-state index in [9.17, 15) is 4.79 Å². The molecule has 0 aromatic carbocycles. The molecule has 5 heteroatoms. The molecule has 0 unspecified atom stereocenters. The van der Waals surface area contributed by atoms with Crippen LogP contribution in [0.1, 0.15) is 26.7 Å². The van der Waals surface area contributed by atoms with Crippen molar-refractivity contribution in [2.75, 3.05) is 0 Å². The summed E-state index contributed by atoms with van der Waals surface area (Å²) in [5.41, 5.74) is -0.934. The summed E-state index contributed by atoms with van der Waals surface area (Å²) < 4.78 is 1.41. The van der Waals surface area contributed by atoms with Gasteiger partial charge in [0.15, 0.2) is 5.54 Å². The Kier molecular flexibility index (Phi) is 2.65. The van der Waals surface area contributed by atoms with E-state index in [1.807, 2.05) is 13.8 Å². The Balaban J connectivity index is 3.11. The number of aliphatic carboxylic acids is 1. The quantitative estimate of drug-likeness (QED) is 0.752. The van der Waals surface area contributed by atoms with Gasteiger partial charge in [-0.2, -0.15) is 5.10 Å². The minimum atomic E-state index is -0.934. The zero-order chi connectivity index (χ0) is 9.90. The van der Waals surface area contributed by atoms with Crippen molar-refractivity contribution >= 4 is 5.97 Å². The zero-order valence-electron chi connectivity index (χ0n) is 7.77. The fraction of sp³-hybridized carbons (Fsp3) is 0.625. The first kappa shape index (κ1) is 9.70. The average Bonchev–Trinajstić information content (AvgIpc) is 2.60. The average molecular weight is 183 g/mol. The standard InChI is InChI=1S/C8H13N3O2/c1-3-8(4-2,7(12)13)11-6-9-5-10-11/h5-6H,3-4H2,1-2H3,(H,12,13).